The van der Waals surface area contributed by atoms with Gasteiger partial charge in [0, 0.05) is 11.3 Å². The van der Waals surface area contributed by atoms with Crippen molar-refractivity contribution in [1.82, 2.24) is 0 Å². The molecule has 4 rings (SSSR count). The highest BCUT2D eigenvalue weighted by Crippen LogP contribution is 2.38. The van der Waals surface area contributed by atoms with Crippen LogP contribution in [0.1, 0.15) is 57.2 Å². The maximum Gasteiger partial charge on any atom is 0.282 e. The molecule has 1 heterocycles. The van der Waals surface area contributed by atoms with Crippen molar-refractivity contribution in [3.05, 3.63) is 95.2 Å². The fourth-order valence-corrected chi connectivity index (χ4v) is 4.19. The van der Waals surface area contributed by atoms with E-state index < -0.39 is 5.91 Å². The van der Waals surface area contributed by atoms with E-state index in [0.29, 0.717) is 28.5 Å². The smallest absolute Gasteiger partial charge is 0.282 e. The van der Waals surface area contributed by atoms with Gasteiger partial charge in [-0.3, -0.25) is 9.59 Å². The summed E-state index contributed by atoms with van der Waals surface area (Å²) in [5, 5.41) is 3.24. The van der Waals surface area contributed by atoms with E-state index in [-0.39, 0.29) is 17.0 Å². The molecule has 1 aliphatic heterocycles. The van der Waals surface area contributed by atoms with Crippen molar-refractivity contribution >= 4 is 28.8 Å². The van der Waals surface area contributed by atoms with Crippen molar-refractivity contribution in [1.29, 1.82) is 0 Å². The second-order valence-corrected chi connectivity index (χ2v) is 10.1. The van der Waals surface area contributed by atoms with Gasteiger partial charge >= 0.3 is 0 Å². The van der Waals surface area contributed by atoms with Gasteiger partial charge in [-0.2, -0.15) is 0 Å². The molecule has 1 aliphatic rings. The van der Waals surface area contributed by atoms with Crippen LogP contribution in [0.2, 0.25) is 0 Å². The largest absolute Gasteiger partial charge is 0.496 e. The number of hydrogen-bond donors (Lipinski definition) is 1. The van der Waals surface area contributed by atoms with Crippen LogP contribution in [-0.4, -0.2) is 18.9 Å². The molecular weight excluding hydrogens is 436 g/mol. The topological polar surface area (TPSA) is 58.6 Å². The summed E-state index contributed by atoms with van der Waals surface area (Å²) < 4.78 is 5.53. The van der Waals surface area contributed by atoms with Gasteiger partial charge in [0.1, 0.15) is 11.4 Å². The van der Waals surface area contributed by atoms with E-state index in [0.717, 1.165) is 11.3 Å². The van der Waals surface area contributed by atoms with E-state index in [1.165, 1.54) is 10.5 Å². The summed E-state index contributed by atoms with van der Waals surface area (Å²) in [7, 11) is 1.56. The fraction of sp³-hybridized carbons (Fsp3) is 0.267. The Morgan fingerprint density at radius 1 is 0.829 bits per heavy atom. The van der Waals surface area contributed by atoms with Crippen LogP contribution in [0.3, 0.4) is 0 Å². The van der Waals surface area contributed by atoms with Crippen LogP contribution in [0, 0.1) is 0 Å². The first kappa shape index (κ1) is 24.3. The molecule has 0 radical (unpaired) electrons. The maximum atomic E-state index is 13.7. The van der Waals surface area contributed by atoms with Crippen molar-refractivity contribution in [3.8, 4) is 5.75 Å². The number of para-hydroxylation sites is 1. The zero-order valence-electron chi connectivity index (χ0n) is 21.2. The number of rotatable bonds is 6. The molecule has 1 N–H and O–H groups in total. The molecule has 0 saturated carbocycles. The van der Waals surface area contributed by atoms with Gasteiger partial charge in [0.15, 0.2) is 0 Å². The van der Waals surface area contributed by atoms with E-state index in [1.54, 1.807) is 19.2 Å². The molecule has 0 atom stereocenters. The van der Waals surface area contributed by atoms with Gasteiger partial charge in [-0.15, -0.1) is 0 Å². The van der Waals surface area contributed by atoms with E-state index in [9.17, 15) is 9.59 Å². The lowest BCUT2D eigenvalue weighted by Gasteiger charge is -2.19. The lowest BCUT2D eigenvalue weighted by Crippen LogP contribution is -2.32. The van der Waals surface area contributed by atoms with Crippen molar-refractivity contribution in [2.75, 3.05) is 17.3 Å². The Balaban J connectivity index is 1.79. The third-order valence-corrected chi connectivity index (χ3v) is 6.30. The summed E-state index contributed by atoms with van der Waals surface area (Å²) in [5.74, 6) is 0.103. The van der Waals surface area contributed by atoms with Gasteiger partial charge in [0.05, 0.1) is 18.4 Å². The minimum atomic E-state index is -0.395. The van der Waals surface area contributed by atoms with E-state index >= 15 is 0 Å². The van der Waals surface area contributed by atoms with Crippen molar-refractivity contribution in [2.24, 2.45) is 0 Å². The average Bonchev–Trinajstić information content (AvgIpc) is 3.07. The standard InChI is InChI=1S/C30H32N2O3/c1-19(2)20-11-17-23(18-12-20)32-28(33)26(24-9-7-8-10-25(24)35-6)27(29(32)34)31-22-15-13-21(14-16-22)30(3,4)5/h7-19,31H,1-6H3. The third kappa shape index (κ3) is 4.72. The quantitative estimate of drug-likeness (QED) is 0.419. The van der Waals surface area contributed by atoms with Crippen LogP contribution in [0.4, 0.5) is 11.4 Å². The Hall–Kier alpha value is -3.86. The SMILES string of the molecule is COc1ccccc1C1=C(Nc2ccc(C(C)(C)C)cc2)C(=O)N(c2ccc(C(C)C)cc2)C1=O. The maximum absolute atomic E-state index is 13.7. The molecule has 3 aromatic carbocycles. The molecule has 0 aromatic heterocycles. The molecule has 180 valence electrons. The van der Waals surface area contributed by atoms with Gasteiger partial charge in [-0.05, 0) is 52.8 Å². The normalized spacial score (nSPS) is 14.2. The Kier molecular flexibility index (Phi) is 6.53. The highest BCUT2D eigenvalue weighted by molar-refractivity contribution is 6.46. The molecule has 35 heavy (non-hydrogen) atoms. The Labute approximate surface area is 207 Å². The lowest BCUT2D eigenvalue weighted by atomic mass is 9.87. The minimum absolute atomic E-state index is 0.0124. The molecule has 2 amide bonds. The van der Waals surface area contributed by atoms with Crippen LogP contribution in [-0.2, 0) is 15.0 Å². The van der Waals surface area contributed by atoms with Crippen LogP contribution >= 0.6 is 0 Å². The van der Waals surface area contributed by atoms with Gasteiger partial charge in [0.2, 0.25) is 0 Å². The molecule has 3 aromatic rings. The number of hydrogen-bond acceptors (Lipinski definition) is 4. The Morgan fingerprint density at radius 3 is 2.03 bits per heavy atom. The molecular formula is C30H32N2O3. The van der Waals surface area contributed by atoms with Crippen LogP contribution < -0.4 is 15.0 Å². The minimum Gasteiger partial charge on any atom is -0.496 e. The lowest BCUT2D eigenvalue weighted by molar-refractivity contribution is -0.120. The zero-order valence-corrected chi connectivity index (χ0v) is 21.2. The van der Waals surface area contributed by atoms with Crippen molar-refractivity contribution in [2.45, 2.75) is 46.0 Å². The first-order valence-electron chi connectivity index (χ1n) is 11.9. The monoisotopic (exact) mass is 468 g/mol. The number of benzene rings is 3. The van der Waals surface area contributed by atoms with E-state index in [2.05, 4.69) is 39.9 Å². The highest BCUT2D eigenvalue weighted by Gasteiger charge is 2.41. The average molecular weight is 469 g/mol. The molecule has 0 fully saturated rings. The number of amides is 2. The number of nitrogens with zero attached hydrogens (tertiary/aromatic N) is 1. The molecule has 0 spiro atoms. The third-order valence-electron chi connectivity index (χ3n) is 6.30. The predicted octanol–water partition coefficient (Wildman–Crippen LogP) is 6.51. The zero-order chi connectivity index (χ0) is 25.3. The van der Waals surface area contributed by atoms with Crippen LogP contribution in [0.5, 0.6) is 5.75 Å². The number of carbonyl (C=O) groups is 2. The van der Waals surface area contributed by atoms with Gasteiger partial charge < -0.3 is 10.1 Å². The predicted molar refractivity (Wildman–Crippen MR) is 142 cm³/mol. The number of nitrogens with one attached hydrogen (secondary N) is 1. The van der Waals surface area contributed by atoms with Gasteiger partial charge in [-0.1, -0.05) is 77.1 Å². The van der Waals surface area contributed by atoms with E-state index in [1.807, 2.05) is 60.7 Å². The fourth-order valence-electron chi connectivity index (χ4n) is 4.19. The Morgan fingerprint density at radius 2 is 1.46 bits per heavy atom. The number of anilines is 2. The summed E-state index contributed by atoms with van der Waals surface area (Å²) in [6.45, 7) is 10.7. The summed E-state index contributed by atoms with van der Waals surface area (Å²) in [4.78, 5) is 28.7. The molecule has 5 nitrogen and oxygen atoms in total. The van der Waals surface area contributed by atoms with Crippen molar-refractivity contribution < 1.29 is 14.3 Å². The van der Waals surface area contributed by atoms with Crippen molar-refractivity contribution in [3.63, 3.8) is 0 Å². The van der Waals surface area contributed by atoms with Gasteiger partial charge in [0.25, 0.3) is 11.8 Å². The summed E-state index contributed by atoms with van der Waals surface area (Å²) >= 11 is 0. The first-order valence-corrected chi connectivity index (χ1v) is 11.9. The van der Waals surface area contributed by atoms with Crippen LogP contribution in [0.25, 0.3) is 5.57 Å². The number of methoxy groups -OCH3 is 1. The first-order chi connectivity index (χ1) is 16.6. The second-order valence-electron chi connectivity index (χ2n) is 10.1. The molecule has 0 unspecified atom stereocenters. The highest BCUT2D eigenvalue weighted by atomic mass is 16.5. The van der Waals surface area contributed by atoms with E-state index in [4.69, 9.17) is 4.74 Å². The molecule has 5 heteroatoms. The number of carbonyl (C=O) groups excluding carboxylic acids is 2. The molecule has 0 saturated heterocycles. The molecule has 0 aliphatic carbocycles. The summed E-state index contributed by atoms with van der Waals surface area (Å²) in [5.41, 5.74) is 4.71. The number of ether oxygens (including phenoxy) is 1. The Bertz CT molecular complexity index is 1280. The second kappa shape index (κ2) is 9.41. The van der Waals surface area contributed by atoms with Gasteiger partial charge in [-0.25, -0.2) is 4.90 Å². The summed E-state index contributed by atoms with van der Waals surface area (Å²) in [6, 6.07) is 22.8. The number of imide groups is 1. The molecule has 0 bridgehead atoms. The van der Waals surface area contributed by atoms with Crippen LogP contribution in [0.15, 0.2) is 78.5 Å². The summed E-state index contributed by atoms with van der Waals surface area (Å²) in [6.07, 6.45) is 0.